The van der Waals surface area contributed by atoms with Crippen LogP contribution in [0.2, 0.25) is 0 Å². The lowest BCUT2D eigenvalue weighted by Crippen LogP contribution is -2.55. The van der Waals surface area contributed by atoms with Crippen LogP contribution in [-0.4, -0.2) is 28.6 Å². The Labute approximate surface area is 136 Å². The molecule has 0 spiro atoms. The molecule has 1 N–H and O–H groups in total. The molecule has 3 fully saturated rings. The van der Waals surface area contributed by atoms with E-state index in [2.05, 4.69) is 6.92 Å². The van der Waals surface area contributed by atoms with Crippen molar-refractivity contribution in [1.29, 1.82) is 0 Å². The summed E-state index contributed by atoms with van der Waals surface area (Å²) in [6.45, 7) is 4.05. The van der Waals surface area contributed by atoms with E-state index in [0.29, 0.717) is 19.3 Å². The summed E-state index contributed by atoms with van der Waals surface area (Å²) >= 11 is 0. The first kappa shape index (κ1) is 15.3. The molecular formula is C19H24O4. The zero-order chi connectivity index (χ0) is 16.6. The number of rotatable bonds is 0. The number of carbonyl (C=O) groups excluding carboxylic acids is 3. The monoisotopic (exact) mass is 316 g/mol. The van der Waals surface area contributed by atoms with Crippen LogP contribution in [0.25, 0.3) is 0 Å². The molecule has 4 heteroatoms. The van der Waals surface area contributed by atoms with Gasteiger partial charge in [-0.25, -0.2) is 0 Å². The molecule has 6 atom stereocenters. The summed E-state index contributed by atoms with van der Waals surface area (Å²) in [5, 5.41) is 10.3. The maximum Gasteiger partial charge on any atom is 0.162 e. The van der Waals surface area contributed by atoms with Gasteiger partial charge in [0.1, 0.15) is 11.9 Å². The van der Waals surface area contributed by atoms with Gasteiger partial charge in [0.2, 0.25) is 0 Å². The van der Waals surface area contributed by atoms with Crippen molar-refractivity contribution in [1.82, 2.24) is 0 Å². The van der Waals surface area contributed by atoms with E-state index < -0.39 is 11.5 Å². The minimum atomic E-state index is -0.991. The van der Waals surface area contributed by atoms with E-state index in [4.69, 9.17) is 0 Å². The standard InChI is InChI=1S/C19H24O4/c1-18-6-5-11(20)7-10(18)3-4-12-13-8-14(21)17(23)19(13,2)9-15(22)16(12)18/h7,12-13,16-17,23H,3-6,8-9H2,1-2H3/t12-,13-,16+,17-,18-,19-/m0/s1. The van der Waals surface area contributed by atoms with Crippen molar-refractivity contribution < 1.29 is 19.5 Å². The number of Topliss-reactive ketones (excluding diaryl/α,β-unsaturated/α-hetero) is 2. The molecule has 0 aromatic carbocycles. The zero-order valence-electron chi connectivity index (χ0n) is 13.8. The number of hydrogen-bond acceptors (Lipinski definition) is 4. The maximum absolute atomic E-state index is 13.0. The fourth-order valence-electron chi connectivity index (χ4n) is 6.16. The second-order valence-corrected chi connectivity index (χ2v) is 8.56. The van der Waals surface area contributed by atoms with E-state index in [9.17, 15) is 19.5 Å². The van der Waals surface area contributed by atoms with Gasteiger partial charge in [0.25, 0.3) is 0 Å². The average molecular weight is 316 g/mol. The lowest BCUT2D eigenvalue weighted by atomic mass is 9.47. The van der Waals surface area contributed by atoms with E-state index in [1.807, 2.05) is 6.92 Å². The summed E-state index contributed by atoms with van der Waals surface area (Å²) in [7, 11) is 0. The zero-order valence-corrected chi connectivity index (χ0v) is 13.8. The molecule has 0 radical (unpaired) electrons. The van der Waals surface area contributed by atoms with Crippen molar-refractivity contribution in [3.8, 4) is 0 Å². The Bertz CT molecular complexity index is 648. The lowest BCUT2D eigenvalue weighted by molar-refractivity contribution is -0.149. The first-order valence-electron chi connectivity index (χ1n) is 8.75. The van der Waals surface area contributed by atoms with Crippen LogP contribution in [0.3, 0.4) is 0 Å². The highest BCUT2D eigenvalue weighted by Crippen LogP contribution is 2.63. The minimum Gasteiger partial charge on any atom is -0.385 e. The molecule has 0 aromatic rings. The van der Waals surface area contributed by atoms with E-state index in [1.165, 1.54) is 0 Å². The van der Waals surface area contributed by atoms with Crippen molar-refractivity contribution in [2.45, 2.75) is 58.5 Å². The molecule has 4 nitrogen and oxygen atoms in total. The predicted octanol–water partition coefficient (Wildman–Crippen LogP) is 2.24. The fraction of sp³-hybridized carbons (Fsp3) is 0.737. The van der Waals surface area contributed by atoms with Crippen molar-refractivity contribution in [2.75, 3.05) is 0 Å². The highest BCUT2D eigenvalue weighted by Gasteiger charge is 2.64. The van der Waals surface area contributed by atoms with Crippen molar-refractivity contribution in [3.63, 3.8) is 0 Å². The SMILES string of the molecule is C[C@]12CC(=O)[C@H]3[C@@H](CCC4=CC(=O)CC[C@@]43C)[C@@H]1CC(=O)[C@@H]2O. The third kappa shape index (κ3) is 1.84. The van der Waals surface area contributed by atoms with Crippen LogP contribution < -0.4 is 0 Å². The molecule has 0 saturated heterocycles. The van der Waals surface area contributed by atoms with Gasteiger partial charge in [0.15, 0.2) is 11.6 Å². The molecule has 124 valence electrons. The number of fused-ring (bicyclic) bond motifs is 5. The Morgan fingerprint density at radius 3 is 2.61 bits per heavy atom. The van der Waals surface area contributed by atoms with Crippen LogP contribution in [0.1, 0.15) is 52.4 Å². The van der Waals surface area contributed by atoms with Gasteiger partial charge in [-0.2, -0.15) is 0 Å². The smallest absolute Gasteiger partial charge is 0.162 e. The number of allylic oxidation sites excluding steroid dienone is 1. The average Bonchev–Trinajstić information content (AvgIpc) is 2.71. The first-order chi connectivity index (χ1) is 10.8. The molecular weight excluding hydrogens is 292 g/mol. The van der Waals surface area contributed by atoms with E-state index in [1.54, 1.807) is 6.08 Å². The lowest BCUT2D eigenvalue weighted by Gasteiger charge is -2.56. The van der Waals surface area contributed by atoms with Crippen molar-refractivity contribution in [2.24, 2.45) is 28.6 Å². The molecule has 3 saturated carbocycles. The quantitative estimate of drug-likeness (QED) is 0.744. The normalized spacial score (nSPS) is 49.3. The van der Waals surface area contributed by atoms with Crippen LogP contribution in [0.15, 0.2) is 11.6 Å². The molecule has 23 heavy (non-hydrogen) atoms. The molecule has 0 amide bonds. The number of ketones is 3. The van der Waals surface area contributed by atoms with Crippen LogP contribution in [0.5, 0.6) is 0 Å². The van der Waals surface area contributed by atoms with Gasteiger partial charge in [-0.1, -0.05) is 19.4 Å². The van der Waals surface area contributed by atoms with Gasteiger partial charge >= 0.3 is 0 Å². The third-order valence-electron chi connectivity index (χ3n) is 7.44. The molecule has 0 aliphatic heterocycles. The Balaban J connectivity index is 1.77. The second kappa shape index (κ2) is 4.62. The number of carbonyl (C=O) groups is 3. The van der Waals surface area contributed by atoms with Crippen molar-refractivity contribution >= 4 is 17.3 Å². The Morgan fingerprint density at radius 1 is 1.13 bits per heavy atom. The largest absolute Gasteiger partial charge is 0.385 e. The van der Waals surface area contributed by atoms with E-state index in [-0.39, 0.29) is 40.5 Å². The summed E-state index contributed by atoms with van der Waals surface area (Å²) in [5.74, 6) is 0.435. The Morgan fingerprint density at radius 2 is 1.87 bits per heavy atom. The Hall–Kier alpha value is -1.29. The summed E-state index contributed by atoms with van der Waals surface area (Å²) in [4.78, 5) is 36.9. The molecule has 0 heterocycles. The van der Waals surface area contributed by atoms with Gasteiger partial charge in [-0.3, -0.25) is 14.4 Å². The van der Waals surface area contributed by atoms with E-state index in [0.717, 1.165) is 24.8 Å². The molecule has 0 unspecified atom stereocenters. The molecule has 0 aromatic heterocycles. The molecule has 4 rings (SSSR count). The van der Waals surface area contributed by atoms with E-state index >= 15 is 0 Å². The van der Waals surface area contributed by atoms with Gasteiger partial charge in [-0.05, 0) is 42.6 Å². The van der Waals surface area contributed by atoms with Crippen molar-refractivity contribution in [3.05, 3.63) is 11.6 Å². The molecule has 4 aliphatic rings. The predicted molar refractivity (Wildman–Crippen MR) is 83.5 cm³/mol. The van der Waals surface area contributed by atoms with Gasteiger partial charge in [0, 0.05) is 30.6 Å². The molecule has 0 bridgehead atoms. The fourth-order valence-corrected chi connectivity index (χ4v) is 6.16. The number of aliphatic hydroxyl groups is 1. The summed E-state index contributed by atoms with van der Waals surface area (Å²) in [6.07, 6.45) is 4.43. The maximum atomic E-state index is 13.0. The Kier molecular flexibility index (Phi) is 3.07. The second-order valence-electron chi connectivity index (χ2n) is 8.56. The number of hydrogen-bond donors (Lipinski definition) is 1. The van der Waals surface area contributed by atoms with Crippen LogP contribution in [0.4, 0.5) is 0 Å². The highest BCUT2D eigenvalue weighted by molar-refractivity contribution is 5.94. The summed E-state index contributed by atoms with van der Waals surface area (Å²) in [6, 6.07) is 0. The highest BCUT2D eigenvalue weighted by atomic mass is 16.3. The van der Waals surface area contributed by atoms with Gasteiger partial charge in [-0.15, -0.1) is 0 Å². The topological polar surface area (TPSA) is 71.4 Å². The van der Waals surface area contributed by atoms with Gasteiger partial charge in [0.05, 0.1) is 0 Å². The van der Waals surface area contributed by atoms with Crippen LogP contribution in [-0.2, 0) is 14.4 Å². The van der Waals surface area contributed by atoms with Crippen LogP contribution >= 0.6 is 0 Å². The first-order valence-corrected chi connectivity index (χ1v) is 8.75. The summed E-state index contributed by atoms with van der Waals surface area (Å²) in [5.41, 5.74) is 0.320. The summed E-state index contributed by atoms with van der Waals surface area (Å²) < 4.78 is 0. The minimum absolute atomic E-state index is 0.0909. The molecule has 4 aliphatic carbocycles. The number of aliphatic hydroxyl groups excluding tert-OH is 1. The van der Waals surface area contributed by atoms with Crippen LogP contribution in [0, 0.1) is 28.6 Å². The van der Waals surface area contributed by atoms with Gasteiger partial charge < -0.3 is 5.11 Å². The third-order valence-corrected chi connectivity index (χ3v) is 7.44.